The Kier molecular flexibility index (Phi) is 4.21. The molecule has 0 amide bonds. The van der Waals surface area contributed by atoms with Gasteiger partial charge in [-0.15, -0.1) is 0 Å². The van der Waals surface area contributed by atoms with Crippen LogP contribution in [0.15, 0.2) is 30.6 Å². The van der Waals surface area contributed by atoms with E-state index < -0.39 is 10.1 Å². The van der Waals surface area contributed by atoms with E-state index in [-0.39, 0.29) is 6.01 Å². The van der Waals surface area contributed by atoms with Gasteiger partial charge in [-0.3, -0.25) is 0 Å². The normalized spacial score (nSPS) is 11.4. The molecule has 0 saturated heterocycles. The lowest BCUT2D eigenvalue weighted by atomic mass is 10.2. The van der Waals surface area contributed by atoms with Crippen molar-refractivity contribution >= 4 is 27.1 Å². The van der Waals surface area contributed by atoms with Gasteiger partial charge in [-0.05, 0) is 17.7 Å². The molecule has 0 atom stereocenters. The number of nitrogens with one attached hydrogen (secondary N) is 2. The number of nitrogens with zero attached hydrogens (tertiary/aromatic N) is 3. The highest BCUT2D eigenvalue weighted by molar-refractivity contribution is 7.86. The van der Waals surface area contributed by atoms with Gasteiger partial charge in [0, 0.05) is 6.54 Å². The van der Waals surface area contributed by atoms with Gasteiger partial charge in [0.15, 0.2) is 11.5 Å². The summed E-state index contributed by atoms with van der Waals surface area (Å²) in [7, 11) is -2.13. The number of hydrogen-bond donors (Lipinski definition) is 2. The molecule has 0 radical (unpaired) electrons. The molecule has 0 aliphatic rings. The fourth-order valence-corrected chi connectivity index (χ4v) is 2.43. The second-order valence-corrected chi connectivity index (χ2v) is 6.52. The van der Waals surface area contributed by atoms with Crippen molar-refractivity contribution in [2.24, 2.45) is 0 Å². The van der Waals surface area contributed by atoms with Gasteiger partial charge in [0.2, 0.25) is 0 Å². The van der Waals surface area contributed by atoms with Crippen molar-refractivity contribution in [1.29, 1.82) is 0 Å². The molecule has 10 heteroatoms. The highest BCUT2D eigenvalue weighted by atomic mass is 32.2. The summed E-state index contributed by atoms with van der Waals surface area (Å²) < 4.78 is 32.5. The molecular weight excluding hydrogens is 334 g/mol. The largest absolute Gasteiger partial charge is 0.497 e. The van der Waals surface area contributed by atoms with Crippen molar-refractivity contribution < 1.29 is 17.3 Å². The monoisotopic (exact) mass is 349 g/mol. The van der Waals surface area contributed by atoms with Gasteiger partial charge < -0.3 is 19.2 Å². The highest BCUT2D eigenvalue weighted by Gasteiger charge is 2.14. The molecule has 1 aromatic carbocycles. The van der Waals surface area contributed by atoms with Gasteiger partial charge in [-0.1, -0.05) is 12.1 Å². The van der Waals surface area contributed by atoms with E-state index in [4.69, 9.17) is 8.92 Å². The van der Waals surface area contributed by atoms with E-state index in [1.165, 1.54) is 6.33 Å². The average molecular weight is 349 g/mol. The molecule has 3 rings (SSSR count). The number of H-pyrrole nitrogens is 1. The van der Waals surface area contributed by atoms with Crippen molar-refractivity contribution in [2.75, 3.05) is 18.7 Å². The molecular formula is C14H15N5O4S. The number of rotatable bonds is 6. The molecule has 0 saturated carbocycles. The molecule has 9 nitrogen and oxygen atoms in total. The lowest BCUT2D eigenvalue weighted by Gasteiger charge is -2.09. The summed E-state index contributed by atoms with van der Waals surface area (Å²) in [5.41, 5.74) is 1.82. The van der Waals surface area contributed by atoms with E-state index in [1.807, 2.05) is 24.3 Å². The summed E-state index contributed by atoms with van der Waals surface area (Å²) in [5.74, 6) is 1.13. The van der Waals surface area contributed by atoms with Crippen molar-refractivity contribution in [3.8, 4) is 11.8 Å². The van der Waals surface area contributed by atoms with Crippen LogP contribution in [0, 0.1) is 0 Å². The summed E-state index contributed by atoms with van der Waals surface area (Å²) >= 11 is 0. The fourth-order valence-electron chi connectivity index (χ4n) is 2.08. The number of imidazole rings is 1. The van der Waals surface area contributed by atoms with E-state index in [0.29, 0.717) is 23.5 Å². The smallest absolute Gasteiger partial charge is 0.337 e. The Balaban J connectivity index is 1.88. The van der Waals surface area contributed by atoms with Crippen molar-refractivity contribution in [3.05, 3.63) is 36.2 Å². The van der Waals surface area contributed by atoms with Crippen molar-refractivity contribution in [1.82, 2.24) is 19.9 Å². The minimum Gasteiger partial charge on any atom is -0.497 e. The third kappa shape index (κ3) is 3.71. The molecule has 0 aliphatic carbocycles. The number of anilines is 1. The second kappa shape index (κ2) is 6.32. The zero-order valence-corrected chi connectivity index (χ0v) is 13.8. The third-order valence-electron chi connectivity index (χ3n) is 3.09. The molecule has 2 N–H and O–H groups in total. The predicted octanol–water partition coefficient (Wildman–Crippen LogP) is 1.31. The quantitative estimate of drug-likeness (QED) is 0.639. The molecule has 2 aromatic heterocycles. The Morgan fingerprint density at radius 1 is 1.29 bits per heavy atom. The van der Waals surface area contributed by atoms with Gasteiger partial charge in [0.05, 0.1) is 19.7 Å². The molecule has 2 heterocycles. The summed E-state index contributed by atoms with van der Waals surface area (Å²) in [5, 5.41) is 3.11. The van der Waals surface area contributed by atoms with Crippen LogP contribution in [-0.4, -0.2) is 41.7 Å². The first-order valence-electron chi connectivity index (χ1n) is 6.92. The SMILES string of the molecule is COc1cccc(CNc2nc(OS(C)(=O)=O)nc3nc[nH]c23)c1. The Labute approximate surface area is 138 Å². The van der Waals surface area contributed by atoms with Crippen LogP contribution in [0.5, 0.6) is 11.8 Å². The minimum absolute atomic E-state index is 0.287. The maximum absolute atomic E-state index is 11.3. The Morgan fingerprint density at radius 3 is 2.88 bits per heavy atom. The lowest BCUT2D eigenvalue weighted by molar-refractivity contribution is 0.414. The number of aromatic nitrogens is 4. The Morgan fingerprint density at radius 2 is 2.12 bits per heavy atom. The van der Waals surface area contributed by atoms with Crippen molar-refractivity contribution in [2.45, 2.75) is 6.54 Å². The number of hydrogen-bond acceptors (Lipinski definition) is 8. The van der Waals surface area contributed by atoms with Gasteiger partial charge in [-0.2, -0.15) is 18.4 Å². The number of fused-ring (bicyclic) bond motifs is 1. The summed E-state index contributed by atoms with van der Waals surface area (Å²) in [6.07, 6.45) is 2.37. The minimum atomic E-state index is -3.73. The second-order valence-electron chi connectivity index (χ2n) is 4.95. The van der Waals surface area contributed by atoms with Gasteiger partial charge in [0.1, 0.15) is 11.3 Å². The van der Waals surface area contributed by atoms with Gasteiger partial charge in [-0.25, -0.2) is 4.98 Å². The van der Waals surface area contributed by atoms with Crippen molar-refractivity contribution in [3.63, 3.8) is 0 Å². The lowest BCUT2D eigenvalue weighted by Crippen LogP contribution is -2.10. The standard InChI is InChI=1S/C14H15N5O4S/c1-22-10-5-3-4-9(6-10)7-15-12-11-13(17-8-16-11)19-14(18-12)23-24(2,20)21/h3-6,8H,7H2,1-2H3,(H2,15,16,17,18,19). The molecule has 0 spiro atoms. The third-order valence-corrected chi connectivity index (χ3v) is 3.54. The van der Waals surface area contributed by atoms with E-state index in [1.54, 1.807) is 7.11 Å². The number of ether oxygens (including phenoxy) is 1. The Bertz CT molecular complexity index is 970. The molecule has 0 bridgehead atoms. The Hall–Kier alpha value is -2.88. The first-order chi connectivity index (χ1) is 11.4. The fraction of sp³-hybridized carbons (Fsp3) is 0.214. The van der Waals surface area contributed by atoms with Crippen LogP contribution in [0.25, 0.3) is 11.2 Å². The zero-order chi connectivity index (χ0) is 17.2. The van der Waals surface area contributed by atoms with Crippen LogP contribution in [-0.2, 0) is 16.7 Å². The number of methoxy groups -OCH3 is 1. The summed E-state index contributed by atoms with van der Waals surface area (Å²) in [4.78, 5) is 15.0. The molecule has 0 unspecified atom stereocenters. The van der Waals surface area contributed by atoms with Crippen LogP contribution < -0.4 is 14.2 Å². The summed E-state index contributed by atoms with van der Waals surface area (Å²) in [6.45, 7) is 0.445. The van der Waals surface area contributed by atoms with E-state index in [0.717, 1.165) is 17.6 Å². The molecule has 24 heavy (non-hydrogen) atoms. The summed E-state index contributed by atoms with van der Waals surface area (Å²) in [6, 6.07) is 7.24. The highest BCUT2D eigenvalue weighted by Crippen LogP contribution is 2.21. The number of aromatic amines is 1. The predicted molar refractivity (Wildman–Crippen MR) is 87.5 cm³/mol. The maximum atomic E-state index is 11.3. The first kappa shape index (κ1) is 16.0. The molecule has 0 fully saturated rings. The van der Waals surface area contributed by atoms with Crippen LogP contribution in [0.4, 0.5) is 5.82 Å². The maximum Gasteiger partial charge on any atom is 0.337 e. The zero-order valence-electron chi connectivity index (χ0n) is 13.0. The molecule has 126 valence electrons. The van der Waals surface area contributed by atoms with E-state index in [9.17, 15) is 8.42 Å². The van der Waals surface area contributed by atoms with Gasteiger partial charge >= 0.3 is 16.1 Å². The average Bonchev–Trinajstić information content (AvgIpc) is 2.99. The van der Waals surface area contributed by atoms with Crippen LogP contribution in [0.2, 0.25) is 0 Å². The van der Waals surface area contributed by atoms with Gasteiger partial charge in [0.25, 0.3) is 0 Å². The van der Waals surface area contributed by atoms with Crippen LogP contribution in [0.3, 0.4) is 0 Å². The molecule has 0 aliphatic heterocycles. The van der Waals surface area contributed by atoms with E-state index >= 15 is 0 Å². The van der Waals surface area contributed by atoms with Crippen LogP contribution in [0.1, 0.15) is 5.56 Å². The molecule has 3 aromatic rings. The topological polar surface area (TPSA) is 119 Å². The number of benzene rings is 1. The van der Waals surface area contributed by atoms with Crippen LogP contribution >= 0.6 is 0 Å². The van der Waals surface area contributed by atoms with E-state index in [2.05, 4.69) is 25.3 Å². The first-order valence-corrected chi connectivity index (χ1v) is 8.73.